The number of hydrogen-bond acceptors (Lipinski definition) is 4. The van der Waals surface area contributed by atoms with Crippen LogP contribution in [-0.4, -0.2) is 26.4 Å². The quantitative estimate of drug-likeness (QED) is 0.721. The van der Waals surface area contributed by atoms with Crippen LogP contribution in [0, 0.1) is 0 Å². The van der Waals surface area contributed by atoms with E-state index >= 15 is 0 Å². The molecule has 1 heterocycles. The summed E-state index contributed by atoms with van der Waals surface area (Å²) in [6, 6.07) is 17.1. The summed E-state index contributed by atoms with van der Waals surface area (Å²) in [6.45, 7) is 0. The van der Waals surface area contributed by atoms with E-state index < -0.39 is 5.91 Å². The molecule has 0 fully saturated rings. The minimum atomic E-state index is -0.401. The molecule has 3 aromatic rings. The Labute approximate surface area is 142 Å². The number of rotatable bonds is 5. The number of benzene rings is 2. The minimum absolute atomic E-state index is 0.139. The normalized spacial score (nSPS) is 10.7. The van der Waals surface area contributed by atoms with E-state index in [0.717, 1.165) is 11.3 Å². The van der Waals surface area contributed by atoms with Crippen LogP contribution >= 0.6 is 23.4 Å². The molecule has 7 heteroatoms. The topological polar surface area (TPSA) is 73.8 Å². The molecule has 23 heavy (non-hydrogen) atoms. The van der Waals surface area contributed by atoms with Gasteiger partial charge < -0.3 is 5.73 Å². The molecule has 0 saturated carbocycles. The second-order valence-corrected chi connectivity index (χ2v) is 6.12. The molecule has 1 aromatic heterocycles. The maximum Gasteiger partial charge on any atom is 0.227 e. The second kappa shape index (κ2) is 6.85. The fourth-order valence-electron chi connectivity index (χ4n) is 2.12. The lowest BCUT2D eigenvalue weighted by molar-refractivity contribution is -0.115. The first-order valence-corrected chi connectivity index (χ1v) is 8.19. The van der Waals surface area contributed by atoms with Gasteiger partial charge in [0.25, 0.3) is 0 Å². The number of halogens is 1. The van der Waals surface area contributed by atoms with Gasteiger partial charge in [-0.1, -0.05) is 53.7 Å². The van der Waals surface area contributed by atoms with Gasteiger partial charge in [-0.05, 0) is 24.3 Å². The monoisotopic (exact) mass is 344 g/mol. The zero-order chi connectivity index (χ0) is 16.2. The van der Waals surface area contributed by atoms with E-state index in [1.165, 1.54) is 11.8 Å². The van der Waals surface area contributed by atoms with Crippen LogP contribution in [0.5, 0.6) is 0 Å². The molecule has 0 aliphatic carbocycles. The number of carbonyl (C=O) groups is 1. The Kier molecular flexibility index (Phi) is 4.64. The first kappa shape index (κ1) is 15.6. The van der Waals surface area contributed by atoms with Crippen LogP contribution in [0.2, 0.25) is 5.02 Å². The van der Waals surface area contributed by atoms with E-state index in [0.29, 0.717) is 16.0 Å². The third kappa shape index (κ3) is 3.55. The molecule has 116 valence electrons. The molecular weight excluding hydrogens is 332 g/mol. The Morgan fingerprint density at radius 1 is 1.13 bits per heavy atom. The predicted octanol–water partition coefficient (Wildman–Crippen LogP) is 3.17. The molecule has 0 unspecified atom stereocenters. The highest BCUT2D eigenvalue weighted by Crippen LogP contribution is 2.28. The van der Waals surface area contributed by atoms with Gasteiger partial charge in [0.1, 0.15) is 0 Å². The van der Waals surface area contributed by atoms with E-state index in [1.54, 1.807) is 6.07 Å². The van der Waals surface area contributed by atoms with Gasteiger partial charge in [-0.3, -0.25) is 9.36 Å². The molecule has 0 atom stereocenters. The number of hydrogen-bond donors (Lipinski definition) is 1. The zero-order valence-corrected chi connectivity index (χ0v) is 13.6. The summed E-state index contributed by atoms with van der Waals surface area (Å²) in [7, 11) is 0. The van der Waals surface area contributed by atoms with Crippen molar-refractivity contribution >= 4 is 29.3 Å². The zero-order valence-electron chi connectivity index (χ0n) is 12.0. The lowest BCUT2D eigenvalue weighted by atomic mass is 10.2. The number of amides is 1. The lowest BCUT2D eigenvalue weighted by Gasteiger charge is -2.10. The van der Waals surface area contributed by atoms with Crippen molar-refractivity contribution in [2.75, 3.05) is 5.75 Å². The molecule has 0 aliphatic heterocycles. The Bertz CT molecular complexity index is 835. The van der Waals surface area contributed by atoms with Gasteiger partial charge in [-0.2, -0.15) is 0 Å². The SMILES string of the molecule is NC(=O)CSc1nnc(-c2cccc(Cl)c2)n1-c1ccccc1. The van der Waals surface area contributed by atoms with Crippen LogP contribution in [0.15, 0.2) is 59.8 Å². The van der Waals surface area contributed by atoms with Crippen LogP contribution in [0.3, 0.4) is 0 Å². The van der Waals surface area contributed by atoms with E-state index in [9.17, 15) is 4.79 Å². The Morgan fingerprint density at radius 2 is 1.91 bits per heavy atom. The largest absolute Gasteiger partial charge is 0.369 e. The average Bonchev–Trinajstić information content (AvgIpc) is 2.97. The van der Waals surface area contributed by atoms with Gasteiger partial charge in [0, 0.05) is 16.3 Å². The van der Waals surface area contributed by atoms with Crippen molar-refractivity contribution in [3.05, 3.63) is 59.6 Å². The molecule has 3 rings (SSSR count). The van der Waals surface area contributed by atoms with Crippen molar-refractivity contribution < 1.29 is 4.79 Å². The van der Waals surface area contributed by atoms with Crippen molar-refractivity contribution in [3.8, 4) is 17.1 Å². The van der Waals surface area contributed by atoms with Gasteiger partial charge in [0.05, 0.1) is 5.75 Å². The molecule has 0 spiro atoms. The summed E-state index contributed by atoms with van der Waals surface area (Å²) in [5, 5.41) is 9.68. The number of primary amides is 1. The summed E-state index contributed by atoms with van der Waals surface area (Å²) >= 11 is 7.33. The third-order valence-electron chi connectivity index (χ3n) is 3.07. The number of nitrogens with zero attached hydrogens (tertiary/aromatic N) is 3. The van der Waals surface area contributed by atoms with Gasteiger partial charge in [-0.25, -0.2) is 0 Å². The highest BCUT2D eigenvalue weighted by Gasteiger charge is 2.16. The van der Waals surface area contributed by atoms with Gasteiger partial charge in [-0.15, -0.1) is 10.2 Å². The van der Waals surface area contributed by atoms with Gasteiger partial charge in [0.15, 0.2) is 11.0 Å². The van der Waals surface area contributed by atoms with Crippen LogP contribution in [0.1, 0.15) is 0 Å². The highest BCUT2D eigenvalue weighted by molar-refractivity contribution is 7.99. The molecule has 1 amide bonds. The maximum atomic E-state index is 11.1. The second-order valence-electron chi connectivity index (χ2n) is 4.74. The number of thioether (sulfide) groups is 1. The minimum Gasteiger partial charge on any atom is -0.369 e. The highest BCUT2D eigenvalue weighted by atomic mass is 35.5. The van der Waals surface area contributed by atoms with Gasteiger partial charge in [0.2, 0.25) is 5.91 Å². The first-order valence-electron chi connectivity index (χ1n) is 6.83. The predicted molar refractivity (Wildman–Crippen MR) is 91.7 cm³/mol. The summed E-state index contributed by atoms with van der Waals surface area (Å²) < 4.78 is 1.89. The average molecular weight is 345 g/mol. The van der Waals surface area contributed by atoms with Crippen molar-refractivity contribution in [1.29, 1.82) is 0 Å². The Hall–Kier alpha value is -2.31. The number of aromatic nitrogens is 3. The Morgan fingerprint density at radius 3 is 2.61 bits per heavy atom. The summed E-state index contributed by atoms with van der Waals surface area (Å²) in [4.78, 5) is 11.1. The fourth-order valence-corrected chi connectivity index (χ4v) is 3.00. The fraction of sp³-hybridized carbons (Fsp3) is 0.0625. The molecule has 5 nitrogen and oxygen atoms in total. The number of para-hydroxylation sites is 1. The Balaban J connectivity index is 2.11. The van der Waals surface area contributed by atoms with E-state index in [1.807, 2.05) is 53.1 Å². The maximum absolute atomic E-state index is 11.1. The van der Waals surface area contributed by atoms with Crippen LogP contribution < -0.4 is 5.73 Å². The third-order valence-corrected chi connectivity index (χ3v) is 4.26. The van der Waals surface area contributed by atoms with Crippen molar-refractivity contribution in [2.24, 2.45) is 5.73 Å². The molecule has 2 N–H and O–H groups in total. The summed E-state index contributed by atoms with van der Waals surface area (Å²) in [6.07, 6.45) is 0. The van der Waals surface area contributed by atoms with Crippen LogP contribution in [0.4, 0.5) is 0 Å². The summed E-state index contributed by atoms with van der Waals surface area (Å²) in [5.41, 5.74) is 6.98. The lowest BCUT2D eigenvalue weighted by Crippen LogP contribution is -2.13. The molecular formula is C16H13ClN4OS. The molecule has 0 radical (unpaired) electrons. The first-order chi connectivity index (χ1) is 11.1. The van der Waals surface area contributed by atoms with Crippen molar-refractivity contribution in [2.45, 2.75) is 5.16 Å². The van der Waals surface area contributed by atoms with Crippen LogP contribution in [-0.2, 0) is 4.79 Å². The molecule has 2 aromatic carbocycles. The molecule has 0 bridgehead atoms. The van der Waals surface area contributed by atoms with Crippen molar-refractivity contribution in [3.63, 3.8) is 0 Å². The van der Waals surface area contributed by atoms with Crippen molar-refractivity contribution in [1.82, 2.24) is 14.8 Å². The van der Waals surface area contributed by atoms with E-state index in [4.69, 9.17) is 17.3 Å². The summed E-state index contributed by atoms with van der Waals surface area (Å²) in [5.74, 6) is 0.396. The standard InChI is InChI=1S/C16H13ClN4OS/c17-12-6-4-5-11(9-12)15-19-20-16(23-10-14(18)22)21(15)13-7-2-1-3-8-13/h1-9H,10H2,(H2,18,22). The van der Waals surface area contributed by atoms with Gasteiger partial charge >= 0.3 is 0 Å². The molecule has 0 aliphatic rings. The van der Waals surface area contributed by atoms with Crippen LogP contribution in [0.25, 0.3) is 17.1 Å². The van der Waals surface area contributed by atoms with E-state index in [2.05, 4.69) is 10.2 Å². The number of nitrogens with two attached hydrogens (primary N) is 1. The van der Waals surface area contributed by atoms with E-state index in [-0.39, 0.29) is 5.75 Å². The molecule has 0 saturated heterocycles. The number of carbonyl (C=O) groups excluding carboxylic acids is 1. The smallest absolute Gasteiger partial charge is 0.227 e.